The molecule has 0 radical (unpaired) electrons. The molecule has 0 saturated heterocycles. The SMILES string of the molecule is COc1cccc(C(C)NCc2csc(C(C)(C)C)n2)c1. The summed E-state index contributed by atoms with van der Waals surface area (Å²) in [4.78, 5) is 4.71. The van der Waals surface area contributed by atoms with Crippen LogP contribution in [-0.4, -0.2) is 12.1 Å². The van der Waals surface area contributed by atoms with Crippen LogP contribution in [0.4, 0.5) is 0 Å². The van der Waals surface area contributed by atoms with Crippen molar-refractivity contribution in [3.63, 3.8) is 0 Å². The van der Waals surface area contributed by atoms with Crippen LogP contribution in [0.3, 0.4) is 0 Å². The molecular weight excluding hydrogens is 280 g/mol. The zero-order valence-electron chi connectivity index (χ0n) is 13.4. The molecule has 0 fully saturated rings. The lowest BCUT2D eigenvalue weighted by Gasteiger charge is -2.15. The largest absolute Gasteiger partial charge is 0.497 e. The molecule has 3 nitrogen and oxygen atoms in total. The minimum atomic E-state index is 0.126. The molecule has 1 N–H and O–H groups in total. The molecule has 1 unspecified atom stereocenters. The minimum absolute atomic E-state index is 0.126. The number of ether oxygens (including phenoxy) is 1. The highest BCUT2D eigenvalue weighted by molar-refractivity contribution is 7.09. The van der Waals surface area contributed by atoms with Crippen molar-refractivity contribution in [3.05, 3.63) is 45.9 Å². The summed E-state index contributed by atoms with van der Waals surface area (Å²) in [7, 11) is 1.69. The highest BCUT2D eigenvalue weighted by Gasteiger charge is 2.18. The Labute approximate surface area is 131 Å². The molecule has 2 rings (SSSR count). The van der Waals surface area contributed by atoms with E-state index in [1.54, 1.807) is 18.4 Å². The molecule has 2 aromatic rings. The van der Waals surface area contributed by atoms with Gasteiger partial charge in [0, 0.05) is 23.4 Å². The van der Waals surface area contributed by atoms with Gasteiger partial charge < -0.3 is 10.1 Å². The Kier molecular flexibility index (Phi) is 5.01. The molecule has 0 amide bonds. The molecule has 21 heavy (non-hydrogen) atoms. The Hall–Kier alpha value is -1.39. The van der Waals surface area contributed by atoms with Gasteiger partial charge in [0.25, 0.3) is 0 Å². The van der Waals surface area contributed by atoms with Crippen LogP contribution in [0.25, 0.3) is 0 Å². The van der Waals surface area contributed by atoms with Crippen molar-refractivity contribution in [3.8, 4) is 5.75 Å². The Morgan fingerprint density at radius 2 is 2.10 bits per heavy atom. The topological polar surface area (TPSA) is 34.1 Å². The van der Waals surface area contributed by atoms with Gasteiger partial charge in [0.2, 0.25) is 0 Å². The Bertz CT molecular complexity index is 586. The number of rotatable bonds is 5. The second-order valence-electron chi connectivity index (χ2n) is 6.27. The van der Waals surface area contributed by atoms with Gasteiger partial charge in [-0.05, 0) is 24.6 Å². The van der Waals surface area contributed by atoms with Crippen LogP contribution in [0.15, 0.2) is 29.6 Å². The second-order valence-corrected chi connectivity index (χ2v) is 7.13. The highest BCUT2D eigenvalue weighted by Crippen LogP contribution is 2.26. The number of aromatic nitrogens is 1. The lowest BCUT2D eigenvalue weighted by Crippen LogP contribution is -2.18. The molecule has 0 bridgehead atoms. The van der Waals surface area contributed by atoms with E-state index in [1.807, 2.05) is 12.1 Å². The number of methoxy groups -OCH3 is 1. The Morgan fingerprint density at radius 1 is 1.33 bits per heavy atom. The van der Waals surface area contributed by atoms with Crippen LogP contribution in [0.1, 0.15) is 50.0 Å². The second kappa shape index (κ2) is 6.58. The van der Waals surface area contributed by atoms with Crippen molar-refractivity contribution in [2.45, 2.75) is 45.7 Å². The molecule has 1 atom stereocenters. The average Bonchev–Trinajstić information content (AvgIpc) is 2.94. The zero-order chi connectivity index (χ0) is 15.5. The van der Waals surface area contributed by atoms with Gasteiger partial charge in [-0.1, -0.05) is 32.9 Å². The smallest absolute Gasteiger partial charge is 0.119 e. The highest BCUT2D eigenvalue weighted by atomic mass is 32.1. The number of nitrogens with zero attached hydrogens (tertiary/aromatic N) is 1. The van der Waals surface area contributed by atoms with Crippen LogP contribution in [0.5, 0.6) is 5.75 Å². The molecule has 0 saturated carbocycles. The van der Waals surface area contributed by atoms with Crippen molar-refractivity contribution in [1.29, 1.82) is 0 Å². The maximum Gasteiger partial charge on any atom is 0.119 e. The molecule has 4 heteroatoms. The first kappa shape index (κ1) is 16.0. The number of hydrogen-bond acceptors (Lipinski definition) is 4. The lowest BCUT2D eigenvalue weighted by atomic mass is 9.98. The summed E-state index contributed by atoms with van der Waals surface area (Å²) in [6.07, 6.45) is 0. The maximum atomic E-state index is 5.27. The summed E-state index contributed by atoms with van der Waals surface area (Å²) < 4.78 is 5.27. The van der Waals surface area contributed by atoms with E-state index in [9.17, 15) is 0 Å². The minimum Gasteiger partial charge on any atom is -0.497 e. The van der Waals surface area contributed by atoms with E-state index < -0.39 is 0 Å². The predicted octanol–water partition coefficient (Wildman–Crippen LogP) is 4.30. The van der Waals surface area contributed by atoms with E-state index >= 15 is 0 Å². The van der Waals surface area contributed by atoms with Crippen molar-refractivity contribution in [2.75, 3.05) is 7.11 Å². The average molecular weight is 304 g/mol. The van der Waals surface area contributed by atoms with Gasteiger partial charge in [-0.2, -0.15) is 0 Å². The molecule has 0 aliphatic rings. The van der Waals surface area contributed by atoms with Crippen LogP contribution in [-0.2, 0) is 12.0 Å². The summed E-state index contributed by atoms with van der Waals surface area (Å²) in [5.74, 6) is 0.893. The van der Waals surface area contributed by atoms with Gasteiger partial charge in [0.15, 0.2) is 0 Å². The van der Waals surface area contributed by atoms with Crippen molar-refractivity contribution >= 4 is 11.3 Å². The summed E-state index contributed by atoms with van der Waals surface area (Å²) in [5, 5.41) is 6.85. The van der Waals surface area contributed by atoms with Gasteiger partial charge in [-0.3, -0.25) is 0 Å². The Morgan fingerprint density at radius 3 is 2.71 bits per heavy atom. The lowest BCUT2D eigenvalue weighted by molar-refractivity contribution is 0.413. The van der Waals surface area contributed by atoms with E-state index in [0.717, 1.165) is 18.0 Å². The fourth-order valence-electron chi connectivity index (χ4n) is 2.02. The molecular formula is C17H24N2OS. The van der Waals surface area contributed by atoms with Gasteiger partial charge >= 0.3 is 0 Å². The van der Waals surface area contributed by atoms with Gasteiger partial charge in [0.05, 0.1) is 17.8 Å². The van der Waals surface area contributed by atoms with Crippen LogP contribution in [0, 0.1) is 0 Å². The van der Waals surface area contributed by atoms with Gasteiger partial charge in [-0.25, -0.2) is 4.98 Å². The van der Waals surface area contributed by atoms with Crippen molar-refractivity contribution in [1.82, 2.24) is 10.3 Å². The van der Waals surface area contributed by atoms with E-state index in [1.165, 1.54) is 10.6 Å². The van der Waals surface area contributed by atoms with Crippen LogP contribution >= 0.6 is 11.3 Å². The van der Waals surface area contributed by atoms with Gasteiger partial charge in [0.1, 0.15) is 5.75 Å². The van der Waals surface area contributed by atoms with Crippen LogP contribution in [0.2, 0.25) is 0 Å². The molecule has 1 aromatic heterocycles. The molecule has 114 valence electrons. The van der Waals surface area contributed by atoms with E-state index in [2.05, 4.69) is 50.5 Å². The maximum absolute atomic E-state index is 5.27. The fourth-order valence-corrected chi connectivity index (χ4v) is 2.93. The van der Waals surface area contributed by atoms with E-state index in [4.69, 9.17) is 9.72 Å². The number of thiazole rings is 1. The molecule has 0 aliphatic carbocycles. The van der Waals surface area contributed by atoms with E-state index in [-0.39, 0.29) is 11.5 Å². The third-order valence-corrected chi connectivity index (χ3v) is 4.69. The summed E-state index contributed by atoms with van der Waals surface area (Å²) in [6, 6.07) is 8.43. The van der Waals surface area contributed by atoms with E-state index in [0.29, 0.717) is 0 Å². The third-order valence-electron chi connectivity index (χ3n) is 3.38. The molecule has 1 aromatic carbocycles. The Balaban J connectivity index is 1.97. The predicted molar refractivity (Wildman–Crippen MR) is 89.1 cm³/mol. The first-order chi connectivity index (χ1) is 9.90. The summed E-state index contributed by atoms with van der Waals surface area (Å²) in [6.45, 7) is 9.53. The standard InChI is InChI=1S/C17H24N2OS/c1-12(13-7-6-8-15(9-13)20-5)18-10-14-11-21-16(19-14)17(2,3)4/h6-9,11-12,18H,10H2,1-5H3. The normalized spacial score (nSPS) is 13.2. The van der Waals surface area contributed by atoms with Crippen molar-refractivity contribution in [2.24, 2.45) is 0 Å². The summed E-state index contributed by atoms with van der Waals surface area (Å²) in [5.41, 5.74) is 2.46. The van der Waals surface area contributed by atoms with Gasteiger partial charge in [-0.15, -0.1) is 11.3 Å². The number of nitrogens with one attached hydrogen (secondary N) is 1. The first-order valence-corrected chi connectivity index (χ1v) is 8.10. The van der Waals surface area contributed by atoms with Crippen LogP contribution < -0.4 is 10.1 Å². The first-order valence-electron chi connectivity index (χ1n) is 7.22. The fraction of sp³-hybridized carbons (Fsp3) is 0.471. The molecule has 0 aliphatic heterocycles. The molecule has 0 spiro atoms. The quantitative estimate of drug-likeness (QED) is 0.894. The zero-order valence-corrected chi connectivity index (χ0v) is 14.3. The summed E-state index contributed by atoms with van der Waals surface area (Å²) >= 11 is 1.74. The monoisotopic (exact) mass is 304 g/mol. The number of hydrogen-bond donors (Lipinski definition) is 1. The third kappa shape index (κ3) is 4.29. The number of benzene rings is 1. The molecule has 1 heterocycles. The van der Waals surface area contributed by atoms with Crippen molar-refractivity contribution < 1.29 is 4.74 Å².